The molecule has 0 spiro atoms. The Balaban J connectivity index is 2.95. The summed E-state index contributed by atoms with van der Waals surface area (Å²) < 4.78 is 37.0. The van der Waals surface area contributed by atoms with Crippen LogP contribution in [0.25, 0.3) is 0 Å². The smallest absolute Gasteiger partial charge is 0.179 e. The van der Waals surface area contributed by atoms with Gasteiger partial charge in [-0.15, -0.1) is 0 Å². The normalized spacial score (nSPS) is 13.6. The number of hydrogen-bond acceptors (Lipinski definition) is 4. The number of hydrogen-bond donors (Lipinski definition) is 2. The highest BCUT2D eigenvalue weighted by Gasteiger charge is 2.21. The van der Waals surface area contributed by atoms with Crippen molar-refractivity contribution in [3.63, 3.8) is 0 Å². The second-order valence-electron chi connectivity index (χ2n) is 3.86. The number of rotatable bonds is 6. The van der Waals surface area contributed by atoms with Crippen molar-refractivity contribution in [3.05, 3.63) is 29.0 Å². The first-order valence-corrected chi connectivity index (χ1v) is 7.39. The van der Waals surface area contributed by atoms with Gasteiger partial charge in [0.2, 0.25) is 0 Å². The molecule has 0 saturated heterocycles. The minimum atomic E-state index is -3.56. The molecule has 1 atom stereocenters. The zero-order valence-electron chi connectivity index (χ0n) is 9.86. The number of aliphatic hydroxyl groups is 1. The van der Waals surface area contributed by atoms with E-state index in [1.807, 2.05) is 0 Å². The summed E-state index contributed by atoms with van der Waals surface area (Å²) in [5.41, 5.74) is 0. The number of halogens is 2. The zero-order chi connectivity index (χ0) is 13.8. The average molecular weight is 296 g/mol. The van der Waals surface area contributed by atoms with Crippen LogP contribution in [-0.4, -0.2) is 39.0 Å². The van der Waals surface area contributed by atoms with E-state index in [2.05, 4.69) is 5.32 Å². The number of nitrogens with one attached hydrogen (secondary N) is 1. The predicted octanol–water partition coefficient (Wildman–Crippen LogP) is 1.22. The van der Waals surface area contributed by atoms with E-state index in [-0.39, 0.29) is 28.3 Å². The highest BCUT2D eigenvalue weighted by Crippen LogP contribution is 2.21. The molecule has 7 heteroatoms. The molecule has 0 aliphatic rings. The molecule has 0 aromatic heterocycles. The molecule has 2 N–H and O–H groups in total. The molecule has 0 aliphatic carbocycles. The molecule has 1 rings (SSSR count). The van der Waals surface area contributed by atoms with Crippen LogP contribution in [0.3, 0.4) is 0 Å². The van der Waals surface area contributed by atoms with Crippen molar-refractivity contribution in [2.45, 2.75) is 17.4 Å². The molecule has 0 radical (unpaired) electrons. The van der Waals surface area contributed by atoms with E-state index < -0.39 is 15.7 Å². The fraction of sp³-hybridized carbons (Fsp3) is 0.455. The Morgan fingerprint density at radius 1 is 1.50 bits per heavy atom. The predicted molar refractivity (Wildman–Crippen MR) is 68.0 cm³/mol. The molecule has 0 saturated carbocycles. The Hall–Kier alpha value is -0.690. The molecule has 0 aliphatic heterocycles. The van der Waals surface area contributed by atoms with Gasteiger partial charge in [0.05, 0.1) is 15.7 Å². The largest absolute Gasteiger partial charge is 0.396 e. The van der Waals surface area contributed by atoms with Crippen molar-refractivity contribution in [1.82, 2.24) is 5.32 Å². The van der Waals surface area contributed by atoms with Crippen molar-refractivity contribution in [2.75, 3.05) is 19.4 Å². The van der Waals surface area contributed by atoms with Crippen molar-refractivity contribution < 1.29 is 17.9 Å². The lowest BCUT2D eigenvalue weighted by atomic mass is 10.2. The lowest BCUT2D eigenvalue weighted by Crippen LogP contribution is -2.33. The first kappa shape index (κ1) is 15.4. The summed E-state index contributed by atoms with van der Waals surface area (Å²) in [4.78, 5) is -0.0212. The third-order valence-corrected chi connectivity index (χ3v) is 4.66. The SMILES string of the molecule is CNC(CCO)CS(=O)(=O)c1ccc(F)c(Cl)c1. The van der Waals surface area contributed by atoms with E-state index in [1.54, 1.807) is 7.05 Å². The van der Waals surface area contributed by atoms with Gasteiger partial charge < -0.3 is 10.4 Å². The number of sulfone groups is 1. The molecule has 18 heavy (non-hydrogen) atoms. The molecule has 1 unspecified atom stereocenters. The van der Waals surface area contributed by atoms with Gasteiger partial charge in [-0.1, -0.05) is 11.6 Å². The van der Waals surface area contributed by atoms with Crippen LogP contribution in [0.2, 0.25) is 5.02 Å². The molecule has 0 amide bonds. The van der Waals surface area contributed by atoms with Crippen LogP contribution in [0.15, 0.2) is 23.1 Å². The maximum Gasteiger partial charge on any atom is 0.179 e. The number of aliphatic hydroxyl groups excluding tert-OH is 1. The van der Waals surface area contributed by atoms with E-state index in [9.17, 15) is 12.8 Å². The van der Waals surface area contributed by atoms with Crippen LogP contribution in [-0.2, 0) is 9.84 Å². The Labute approximate surface area is 111 Å². The molecular weight excluding hydrogens is 281 g/mol. The van der Waals surface area contributed by atoms with E-state index in [0.29, 0.717) is 6.42 Å². The van der Waals surface area contributed by atoms with Gasteiger partial charge in [-0.3, -0.25) is 0 Å². The van der Waals surface area contributed by atoms with E-state index in [1.165, 1.54) is 6.07 Å². The summed E-state index contributed by atoms with van der Waals surface area (Å²) in [7, 11) is -1.94. The van der Waals surface area contributed by atoms with Crippen LogP contribution in [0.4, 0.5) is 4.39 Å². The topological polar surface area (TPSA) is 66.4 Å². The Morgan fingerprint density at radius 3 is 2.67 bits per heavy atom. The Morgan fingerprint density at radius 2 is 2.17 bits per heavy atom. The van der Waals surface area contributed by atoms with Gasteiger partial charge in [0.15, 0.2) is 9.84 Å². The monoisotopic (exact) mass is 295 g/mol. The van der Waals surface area contributed by atoms with Gasteiger partial charge in [-0.05, 0) is 31.7 Å². The van der Waals surface area contributed by atoms with Crippen LogP contribution in [0, 0.1) is 5.82 Å². The quantitative estimate of drug-likeness (QED) is 0.775. The summed E-state index contributed by atoms with van der Waals surface area (Å²) in [6.45, 7) is -0.106. The first-order valence-electron chi connectivity index (χ1n) is 5.36. The second kappa shape index (κ2) is 6.47. The molecule has 4 nitrogen and oxygen atoms in total. The second-order valence-corrected chi connectivity index (χ2v) is 6.30. The molecule has 102 valence electrons. The highest BCUT2D eigenvalue weighted by molar-refractivity contribution is 7.91. The van der Waals surface area contributed by atoms with Crippen molar-refractivity contribution in [2.24, 2.45) is 0 Å². The van der Waals surface area contributed by atoms with Crippen LogP contribution < -0.4 is 5.32 Å². The Kier molecular flexibility index (Phi) is 5.52. The van der Waals surface area contributed by atoms with E-state index in [4.69, 9.17) is 16.7 Å². The molecular formula is C11H15ClFNO3S. The van der Waals surface area contributed by atoms with E-state index >= 15 is 0 Å². The van der Waals surface area contributed by atoms with Gasteiger partial charge in [-0.2, -0.15) is 0 Å². The fourth-order valence-electron chi connectivity index (χ4n) is 1.50. The summed E-state index contributed by atoms with van der Waals surface area (Å²) in [5, 5.41) is 11.4. The Bertz CT molecular complexity index is 507. The summed E-state index contributed by atoms with van der Waals surface area (Å²) in [5.74, 6) is -0.831. The van der Waals surface area contributed by atoms with Gasteiger partial charge in [0, 0.05) is 12.6 Å². The summed E-state index contributed by atoms with van der Waals surface area (Å²) in [6.07, 6.45) is 0.324. The summed E-state index contributed by atoms with van der Waals surface area (Å²) in [6, 6.07) is 2.94. The standard InChI is InChI=1S/C11H15ClFNO3S/c1-14-8(4-5-15)7-18(16,17)9-2-3-11(13)10(12)6-9/h2-3,6,8,14-15H,4-5,7H2,1H3. The highest BCUT2D eigenvalue weighted by atomic mass is 35.5. The zero-order valence-corrected chi connectivity index (χ0v) is 11.4. The molecule has 1 aromatic rings. The molecule has 0 bridgehead atoms. The van der Waals surface area contributed by atoms with Crippen molar-refractivity contribution in [1.29, 1.82) is 0 Å². The van der Waals surface area contributed by atoms with E-state index in [0.717, 1.165) is 12.1 Å². The lowest BCUT2D eigenvalue weighted by Gasteiger charge is -2.15. The van der Waals surface area contributed by atoms with Gasteiger partial charge in [0.1, 0.15) is 5.82 Å². The average Bonchev–Trinajstić information content (AvgIpc) is 2.31. The van der Waals surface area contributed by atoms with Gasteiger partial charge >= 0.3 is 0 Å². The molecule has 0 fully saturated rings. The minimum absolute atomic E-state index is 0.0212. The maximum atomic E-state index is 13.0. The lowest BCUT2D eigenvalue weighted by molar-refractivity contribution is 0.272. The summed E-state index contributed by atoms with van der Waals surface area (Å²) >= 11 is 5.56. The maximum absolute atomic E-state index is 13.0. The third kappa shape index (κ3) is 3.91. The van der Waals surface area contributed by atoms with Crippen molar-refractivity contribution in [3.8, 4) is 0 Å². The fourth-order valence-corrected chi connectivity index (χ4v) is 3.37. The minimum Gasteiger partial charge on any atom is -0.396 e. The first-order chi connectivity index (χ1) is 8.40. The molecule has 1 aromatic carbocycles. The third-order valence-electron chi connectivity index (χ3n) is 2.56. The van der Waals surface area contributed by atoms with Gasteiger partial charge in [0.25, 0.3) is 0 Å². The van der Waals surface area contributed by atoms with Crippen LogP contribution in [0.5, 0.6) is 0 Å². The molecule has 0 heterocycles. The number of benzene rings is 1. The van der Waals surface area contributed by atoms with Crippen LogP contribution in [0.1, 0.15) is 6.42 Å². The van der Waals surface area contributed by atoms with Gasteiger partial charge in [-0.25, -0.2) is 12.8 Å². The van der Waals surface area contributed by atoms with Crippen LogP contribution >= 0.6 is 11.6 Å². The van der Waals surface area contributed by atoms with Crippen molar-refractivity contribution >= 4 is 21.4 Å².